The Morgan fingerprint density at radius 2 is 2.04 bits per heavy atom. The summed E-state index contributed by atoms with van der Waals surface area (Å²) in [5.41, 5.74) is 8.67. The van der Waals surface area contributed by atoms with Crippen molar-refractivity contribution in [3.63, 3.8) is 0 Å². The second kappa shape index (κ2) is 6.37. The Morgan fingerprint density at radius 1 is 1.36 bits per heavy atom. The molecule has 0 saturated carbocycles. The molecule has 132 valence electrons. The van der Waals surface area contributed by atoms with E-state index in [0.29, 0.717) is 12.1 Å². The van der Waals surface area contributed by atoms with Crippen LogP contribution in [0, 0.1) is 0 Å². The van der Waals surface area contributed by atoms with E-state index in [2.05, 4.69) is 16.8 Å². The van der Waals surface area contributed by atoms with Crippen LogP contribution in [0.5, 0.6) is 0 Å². The standard InChI is InChI=1S/C19H23N3O3/c1-3-12-10-15(18(24)25)17(23)21-16(12)13-4-6-14(7-5-13)22-9-8-19(2,20)11-22/h4-7,10H,3,8-9,11,20H2,1-2H3,(H,21,23)(H,24,25). The summed E-state index contributed by atoms with van der Waals surface area (Å²) in [5, 5.41) is 9.11. The van der Waals surface area contributed by atoms with E-state index >= 15 is 0 Å². The summed E-state index contributed by atoms with van der Waals surface area (Å²) in [6, 6.07) is 9.39. The maximum absolute atomic E-state index is 12.0. The number of carboxylic acids is 1. The highest BCUT2D eigenvalue weighted by molar-refractivity contribution is 5.88. The maximum atomic E-state index is 12.0. The topological polar surface area (TPSA) is 99.4 Å². The van der Waals surface area contributed by atoms with E-state index in [4.69, 9.17) is 10.8 Å². The Hall–Kier alpha value is -2.60. The van der Waals surface area contributed by atoms with E-state index in [0.717, 1.165) is 36.3 Å². The van der Waals surface area contributed by atoms with Crippen LogP contribution in [0.15, 0.2) is 35.1 Å². The number of nitrogens with two attached hydrogens (primary N) is 1. The fourth-order valence-electron chi connectivity index (χ4n) is 3.31. The van der Waals surface area contributed by atoms with Crippen molar-refractivity contribution in [2.45, 2.75) is 32.2 Å². The number of anilines is 1. The van der Waals surface area contributed by atoms with Crippen LogP contribution in [0.4, 0.5) is 5.69 Å². The number of nitrogens with zero attached hydrogens (tertiary/aromatic N) is 1. The van der Waals surface area contributed by atoms with Crippen molar-refractivity contribution in [3.05, 3.63) is 51.8 Å². The van der Waals surface area contributed by atoms with Crippen LogP contribution in [-0.4, -0.2) is 34.7 Å². The predicted octanol–water partition coefficient (Wildman–Crippen LogP) is 2.23. The number of hydrogen-bond donors (Lipinski definition) is 3. The van der Waals surface area contributed by atoms with E-state index in [1.807, 2.05) is 31.2 Å². The number of aromatic carboxylic acids is 1. The van der Waals surface area contributed by atoms with Crippen molar-refractivity contribution in [1.82, 2.24) is 4.98 Å². The van der Waals surface area contributed by atoms with Gasteiger partial charge in [0.1, 0.15) is 5.56 Å². The summed E-state index contributed by atoms with van der Waals surface area (Å²) in [6.45, 7) is 5.74. The normalized spacial score (nSPS) is 20.0. The number of hydrogen-bond acceptors (Lipinski definition) is 4. The van der Waals surface area contributed by atoms with Crippen LogP contribution in [0.1, 0.15) is 36.2 Å². The van der Waals surface area contributed by atoms with Gasteiger partial charge in [0.2, 0.25) is 0 Å². The number of rotatable bonds is 4. The Labute approximate surface area is 146 Å². The molecule has 1 aromatic carbocycles. The lowest BCUT2D eigenvalue weighted by Crippen LogP contribution is -2.39. The minimum atomic E-state index is -1.21. The van der Waals surface area contributed by atoms with Gasteiger partial charge in [-0.05, 0) is 49.1 Å². The van der Waals surface area contributed by atoms with Crippen molar-refractivity contribution in [2.75, 3.05) is 18.0 Å². The van der Waals surface area contributed by atoms with Gasteiger partial charge in [0.05, 0.1) is 5.69 Å². The van der Waals surface area contributed by atoms with Gasteiger partial charge in [-0.3, -0.25) is 4.79 Å². The molecule has 1 atom stereocenters. The third-order valence-corrected chi connectivity index (χ3v) is 4.76. The molecule has 0 aliphatic carbocycles. The van der Waals surface area contributed by atoms with Crippen LogP contribution in [-0.2, 0) is 6.42 Å². The summed E-state index contributed by atoms with van der Waals surface area (Å²) >= 11 is 0. The summed E-state index contributed by atoms with van der Waals surface area (Å²) < 4.78 is 0. The van der Waals surface area contributed by atoms with Crippen molar-refractivity contribution in [3.8, 4) is 11.3 Å². The number of pyridine rings is 1. The average Bonchev–Trinajstić information content (AvgIpc) is 2.94. The Kier molecular flexibility index (Phi) is 4.39. The number of aryl methyl sites for hydroxylation is 1. The average molecular weight is 341 g/mol. The largest absolute Gasteiger partial charge is 0.477 e. The molecule has 6 nitrogen and oxygen atoms in total. The Morgan fingerprint density at radius 3 is 2.56 bits per heavy atom. The molecule has 3 rings (SSSR count). The lowest BCUT2D eigenvalue weighted by atomic mass is 10.0. The number of carboxylic acid groups (broad SMARTS) is 1. The van der Waals surface area contributed by atoms with Crippen LogP contribution in [0.3, 0.4) is 0 Å². The first-order valence-electron chi connectivity index (χ1n) is 8.44. The van der Waals surface area contributed by atoms with Crippen molar-refractivity contribution >= 4 is 11.7 Å². The van der Waals surface area contributed by atoms with Crippen LogP contribution in [0.25, 0.3) is 11.3 Å². The second-order valence-corrected chi connectivity index (χ2v) is 6.94. The van der Waals surface area contributed by atoms with E-state index in [1.165, 1.54) is 6.07 Å². The molecule has 0 spiro atoms. The van der Waals surface area contributed by atoms with Gasteiger partial charge in [-0.1, -0.05) is 19.1 Å². The number of benzene rings is 1. The van der Waals surface area contributed by atoms with Crippen molar-refractivity contribution in [1.29, 1.82) is 0 Å². The van der Waals surface area contributed by atoms with Gasteiger partial charge in [-0.2, -0.15) is 0 Å². The summed E-state index contributed by atoms with van der Waals surface area (Å²) in [6.07, 6.45) is 1.59. The van der Waals surface area contributed by atoms with Gasteiger partial charge < -0.3 is 20.7 Å². The third-order valence-electron chi connectivity index (χ3n) is 4.76. The lowest BCUT2D eigenvalue weighted by molar-refractivity contribution is 0.0695. The predicted molar refractivity (Wildman–Crippen MR) is 98.3 cm³/mol. The molecule has 0 bridgehead atoms. The lowest BCUT2D eigenvalue weighted by Gasteiger charge is -2.22. The van der Waals surface area contributed by atoms with Crippen molar-refractivity contribution in [2.24, 2.45) is 5.73 Å². The van der Waals surface area contributed by atoms with E-state index in [9.17, 15) is 9.59 Å². The van der Waals surface area contributed by atoms with Gasteiger partial charge in [-0.15, -0.1) is 0 Å². The highest BCUT2D eigenvalue weighted by atomic mass is 16.4. The minimum Gasteiger partial charge on any atom is -0.477 e. The van der Waals surface area contributed by atoms with Gasteiger partial charge in [-0.25, -0.2) is 4.79 Å². The molecule has 0 amide bonds. The van der Waals surface area contributed by atoms with E-state index in [-0.39, 0.29) is 11.1 Å². The van der Waals surface area contributed by atoms with Crippen LogP contribution in [0.2, 0.25) is 0 Å². The Balaban J connectivity index is 1.94. The van der Waals surface area contributed by atoms with Crippen LogP contribution < -0.4 is 16.2 Å². The summed E-state index contributed by atoms with van der Waals surface area (Å²) in [7, 11) is 0. The molecule has 2 heterocycles. The van der Waals surface area contributed by atoms with Gasteiger partial charge in [0, 0.05) is 24.3 Å². The SMILES string of the molecule is CCc1cc(C(=O)O)c(=O)[nH]c1-c1ccc(N2CCC(C)(N)C2)cc1. The highest BCUT2D eigenvalue weighted by Gasteiger charge is 2.29. The third kappa shape index (κ3) is 3.44. The molecule has 1 aromatic heterocycles. The van der Waals surface area contributed by atoms with E-state index < -0.39 is 11.5 Å². The number of H-pyrrole nitrogens is 1. The maximum Gasteiger partial charge on any atom is 0.341 e. The molecule has 1 unspecified atom stereocenters. The minimum absolute atomic E-state index is 0.161. The molecule has 1 fully saturated rings. The smallest absolute Gasteiger partial charge is 0.341 e. The quantitative estimate of drug-likeness (QED) is 0.792. The van der Waals surface area contributed by atoms with Crippen molar-refractivity contribution < 1.29 is 9.90 Å². The first-order valence-corrected chi connectivity index (χ1v) is 8.44. The highest BCUT2D eigenvalue weighted by Crippen LogP contribution is 2.28. The second-order valence-electron chi connectivity index (χ2n) is 6.94. The molecule has 1 aliphatic rings. The number of nitrogens with one attached hydrogen (secondary N) is 1. The monoisotopic (exact) mass is 341 g/mol. The molecular formula is C19H23N3O3. The number of carbonyl (C=O) groups is 1. The zero-order valence-electron chi connectivity index (χ0n) is 14.5. The van der Waals surface area contributed by atoms with Gasteiger partial charge >= 0.3 is 5.97 Å². The fraction of sp³-hybridized carbons (Fsp3) is 0.368. The molecule has 4 N–H and O–H groups in total. The summed E-state index contributed by atoms with van der Waals surface area (Å²) in [4.78, 5) is 28.1. The molecule has 1 saturated heterocycles. The van der Waals surface area contributed by atoms with Gasteiger partial charge in [0.25, 0.3) is 5.56 Å². The molecular weight excluding hydrogens is 318 g/mol. The Bertz CT molecular complexity index is 853. The molecule has 0 radical (unpaired) electrons. The zero-order valence-corrected chi connectivity index (χ0v) is 14.5. The molecule has 25 heavy (non-hydrogen) atoms. The summed E-state index contributed by atoms with van der Waals surface area (Å²) in [5.74, 6) is -1.21. The number of aromatic amines is 1. The zero-order chi connectivity index (χ0) is 18.2. The molecule has 2 aromatic rings. The van der Waals surface area contributed by atoms with Gasteiger partial charge in [0.15, 0.2) is 0 Å². The first kappa shape index (κ1) is 17.2. The molecule has 1 aliphatic heterocycles. The first-order chi connectivity index (χ1) is 11.8. The van der Waals surface area contributed by atoms with Crippen LogP contribution >= 0.6 is 0 Å². The fourth-order valence-corrected chi connectivity index (χ4v) is 3.31. The molecule has 6 heteroatoms. The van der Waals surface area contributed by atoms with E-state index in [1.54, 1.807) is 0 Å². The number of aromatic nitrogens is 1.